The summed E-state index contributed by atoms with van der Waals surface area (Å²) in [5, 5.41) is 11.8. The number of pyridine rings is 1. The van der Waals surface area contributed by atoms with Gasteiger partial charge in [-0.05, 0) is 30.3 Å². The second-order valence-electron chi connectivity index (χ2n) is 7.21. The van der Waals surface area contributed by atoms with Gasteiger partial charge in [0.1, 0.15) is 11.6 Å². The number of fused-ring (bicyclic) bond motifs is 1. The molecule has 0 bridgehead atoms. The summed E-state index contributed by atoms with van der Waals surface area (Å²) in [6.07, 6.45) is -2.41. The van der Waals surface area contributed by atoms with E-state index in [4.69, 9.17) is 16.7 Å². The lowest BCUT2D eigenvalue weighted by Gasteiger charge is -2.14. The Morgan fingerprint density at radius 2 is 1.85 bits per heavy atom. The average molecular weight is 492 g/mol. The van der Waals surface area contributed by atoms with Gasteiger partial charge in [0.05, 0.1) is 33.4 Å². The summed E-state index contributed by atoms with van der Waals surface area (Å²) in [7, 11) is 1.58. The first-order chi connectivity index (χ1) is 16.0. The van der Waals surface area contributed by atoms with E-state index in [9.17, 15) is 27.2 Å². The smallest absolute Gasteiger partial charge is 0.417 e. The van der Waals surface area contributed by atoms with Gasteiger partial charge < -0.3 is 10.4 Å². The van der Waals surface area contributed by atoms with E-state index in [0.29, 0.717) is 11.2 Å². The number of hydrogen-bond donors (Lipinski definition) is 2. The fraction of sp³-hybridized carbons (Fsp3) is 0.0870. The van der Waals surface area contributed by atoms with Crippen LogP contribution in [0.25, 0.3) is 22.0 Å². The monoisotopic (exact) mass is 491 g/mol. The first kappa shape index (κ1) is 23.2. The first-order valence-corrected chi connectivity index (χ1v) is 10.0. The number of nitrogens with one attached hydrogen (secondary N) is 1. The van der Waals surface area contributed by atoms with Gasteiger partial charge in [-0.25, -0.2) is 14.2 Å². The summed E-state index contributed by atoms with van der Waals surface area (Å²) >= 11 is 6.00. The molecule has 0 atom stereocenters. The molecule has 11 heteroatoms. The summed E-state index contributed by atoms with van der Waals surface area (Å²) in [6.45, 7) is 0. The maximum atomic E-state index is 14.9. The molecule has 34 heavy (non-hydrogen) atoms. The molecule has 0 fully saturated rings. The van der Waals surface area contributed by atoms with Crippen molar-refractivity contribution >= 4 is 40.2 Å². The minimum absolute atomic E-state index is 0.0509. The molecule has 2 heterocycles. The number of carbonyl (C=O) groups is 2. The van der Waals surface area contributed by atoms with Crippen LogP contribution in [0.4, 0.5) is 23.4 Å². The highest BCUT2D eigenvalue weighted by Gasteiger charge is 2.37. The lowest BCUT2D eigenvalue weighted by molar-refractivity contribution is -0.137. The van der Waals surface area contributed by atoms with E-state index >= 15 is 0 Å². The minimum Gasteiger partial charge on any atom is -0.478 e. The van der Waals surface area contributed by atoms with Crippen LogP contribution in [0.15, 0.2) is 54.9 Å². The molecule has 6 nitrogen and oxygen atoms in total. The van der Waals surface area contributed by atoms with Gasteiger partial charge in [-0.3, -0.25) is 9.36 Å². The number of benzene rings is 2. The standard InChI is InChI=1S/C23H14ClF4N3O3/c1-29-19-8-13-14(12-6-5-11(22(33)34)7-17(12)25)10-31(18(13)9-30-19)21(32)20-15(23(26,27)28)3-2-4-16(20)24/h2-10H,1H3,(H,29,30)(H,33,34). The van der Waals surface area contributed by atoms with Crippen molar-refractivity contribution < 1.29 is 32.3 Å². The van der Waals surface area contributed by atoms with Crippen molar-refractivity contribution in [2.45, 2.75) is 6.18 Å². The van der Waals surface area contributed by atoms with Crippen molar-refractivity contribution in [2.24, 2.45) is 0 Å². The van der Waals surface area contributed by atoms with Crippen LogP contribution in [0.5, 0.6) is 0 Å². The number of nitrogens with zero attached hydrogens (tertiary/aromatic N) is 2. The Bertz CT molecular complexity index is 1460. The van der Waals surface area contributed by atoms with Crippen LogP contribution in [-0.4, -0.2) is 33.6 Å². The van der Waals surface area contributed by atoms with Crippen LogP contribution in [0.1, 0.15) is 26.3 Å². The maximum absolute atomic E-state index is 14.9. The zero-order chi connectivity index (χ0) is 24.8. The molecule has 0 aliphatic carbocycles. The Labute approximate surface area is 194 Å². The second kappa shape index (κ2) is 8.45. The number of carboxylic acids is 1. The van der Waals surface area contributed by atoms with Gasteiger partial charge in [0.2, 0.25) is 0 Å². The molecule has 0 spiro atoms. The van der Waals surface area contributed by atoms with Crippen molar-refractivity contribution in [1.82, 2.24) is 9.55 Å². The number of rotatable bonds is 4. The van der Waals surface area contributed by atoms with Crippen molar-refractivity contribution in [3.8, 4) is 11.1 Å². The number of alkyl halides is 3. The molecule has 4 rings (SSSR count). The fourth-order valence-corrected chi connectivity index (χ4v) is 3.86. The molecule has 4 aromatic rings. The Balaban J connectivity index is 1.99. The lowest BCUT2D eigenvalue weighted by Crippen LogP contribution is -2.18. The number of carbonyl (C=O) groups excluding carboxylic acids is 1. The first-order valence-electron chi connectivity index (χ1n) is 9.65. The molecule has 0 saturated carbocycles. The number of carboxylic acid groups (broad SMARTS) is 1. The number of aromatic carboxylic acids is 1. The van der Waals surface area contributed by atoms with E-state index in [1.807, 2.05) is 0 Å². The maximum Gasteiger partial charge on any atom is 0.417 e. The summed E-state index contributed by atoms with van der Waals surface area (Å²) in [5.41, 5.74) is -2.06. The van der Waals surface area contributed by atoms with Gasteiger partial charge in [-0.2, -0.15) is 13.2 Å². The van der Waals surface area contributed by atoms with E-state index in [2.05, 4.69) is 10.3 Å². The SMILES string of the molecule is CNc1cc2c(-c3ccc(C(=O)O)cc3F)cn(C(=O)c3c(Cl)cccc3C(F)(F)F)c2cn1. The molecule has 0 radical (unpaired) electrons. The topological polar surface area (TPSA) is 84.2 Å². The predicted octanol–water partition coefficient (Wildman–Crippen LogP) is 5.94. The van der Waals surface area contributed by atoms with Gasteiger partial charge in [0.15, 0.2) is 0 Å². The average Bonchev–Trinajstić information content (AvgIpc) is 3.16. The van der Waals surface area contributed by atoms with E-state index < -0.39 is 40.0 Å². The number of halogens is 5. The quantitative estimate of drug-likeness (QED) is 0.345. The molecule has 0 aliphatic rings. The van der Waals surface area contributed by atoms with Crippen LogP contribution >= 0.6 is 11.6 Å². The number of hydrogen-bond acceptors (Lipinski definition) is 4. The third-order valence-corrected chi connectivity index (χ3v) is 5.52. The van der Waals surface area contributed by atoms with Crippen LogP contribution in [-0.2, 0) is 6.18 Å². The van der Waals surface area contributed by atoms with Crippen molar-refractivity contribution in [3.05, 3.63) is 82.4 Å². The van der Waals surface area contributed by atoms with Gasteiger partial charge in [-0.15, -0.1) is 0 Å². The number of aromatic nitrogens is 2. The highest BCUT2D eigenvalue weighted by Crippen LogP contribution is 2.38. The van der Waals surface area contributed by atoms with Crippen LogP contribution in [0.2, 0.25) is 5.02 Å². The van der Waals surface area contributed by atoms with E-state index in [-0.39, 0.29) is 22.2 Å². The molecular formula is C23H14ClF4N3O3. The molecule has 0 amide bonds. The van der Waals surface area contributed by atoms with Crippen LogP contribution in [0.3, 0.4) is 0 Å². The molecule has 0 aliphatic heterocycles. The number of anilines is 1. The van der Waals surface area contributed by atoms with E-state index in [1.54, 1.807) is 7.05 Å². The fourth-order valence-electron chi connectivity index (χ4n) is 3.61. The summed E-state index contributed by atoms with van der Waals surface area (Å²) < 4.78 is 56.6. The second-order valence-corrected chi connectivity index (χ2v) is 7.62. The van der Waals surface area contributed by atoms with Gasteiger partial charge in [0.25, 0.3) is 5.91 Å². The largest absolute Gasteiger partial charge is 0.478 e. The highest BCUT2D eigenvalue weighted by atomic mass is 35.5. The summed E-state index contributed by atoms with van der Waals surface area (Å²) in [4.78, 5) is 28.6. The molecule has 174 valence electrons. The minimum atomic E-state index is -4.85. The lowest BCUT2D eigenvalue weighted by atomic mass is 10.0. The van der Waals surface area contributed by atoms with Crippen LogP contribution < -0.4 is 5.32 Å². The Morgan fingerprint density at radius 3 is 2.47 bits per heavy atom. The Morgan fingerprint density at radius 1 is 1.12 bits per heavy atom. The van der Waals surface area contributed by atoms with Gasteiger partial charge in [0, 0.05) is 29.8 Å². The van der Waals surface area contributed by atoms with Gasteiger partial charge >= 0.3 is 12.1 Å². The van der Waals surface area contributed by atoms with Crippen LogP contribution in [0, 0.1) is 5.82 Å². The predicted molar refractivity (Wildman–Crippen MR) is 118 cm³/mol. The molecule has 2 aromatic heterocycles. The Kier molecular flexibility index (Phi) is 5.78. The summed E-state index contributed by atoms with van der Waals surface area (Å²) in [6, 6.07) is 7.71. The molecular weight excluding hydrogens is 478 g/mol. The highest BCUT2D eigenvalue weighted by molar-refractivity contribution is 6.34. The third kappa shape index (κ3) is 3.96. The normalized spacial score (nSPS) is 11.6. The van der Waals surface area contributed by atoms with E-state index in [0.717, 1.165) is 28.8 Å². The summed E-state index contributed by atoms with van der Waals surface area (Å²) in [5.74, 6) is -2.95. The van der Waals surface area contributed by atoms with Crippen molar-refractivity contribution in [1.29, 1.82) is 0 Å². The zero-order valence-electron chi connectivity index (χ0n) is 17.2. The third-order valence-electron chi connectivity index (χ3n) is 5.20. The molecule has 0 unspecified atom stereocenters. The zero-order valence-corrected chi connectivity index (χ0v) is 18.0. The van der Waals surface area contributed by atoms with Gasteiger partial charge in [-0.1, -0.05) is 23.7 Å². The van der Waals surface area contributed by atoms with E-state index in [1.165, 1.54) is 30.6 Å². The Hall–Kier alpha value is -3.92. The van der Waals surface area contributed by atoms with Crippen molar-refractivity contribution in [2.75, 3.05) is 12.4 Å². The molecule has 2 aromatic carbocycles. The molecule has 0 saturated heterocycles. The molecule has 2 N–H and O–H groups in total. The van der Waals surface area contributed by atoms with Crippen molar-refractivity contribution in [3.63, 3.8) is 0 Å².